The van der Waals surface area contributed by atoms with Crippen LogP contribution in [0, 0.1) is 0 Å². The number of imidazole rings is 1. The summed E-state index contributed by atoms with van der Waals surface area (Å²) in [5, 5.41) is 2.60. The lowest BCUT2D eigenvalue weighted by molar-refractivity contribution is -0.147. The molecule has 0 saturated heterocycles. The van der Waals surface area contributed by atoms with E-state index >= 15 is 0 Å². The average molecular weight is 254 g/mol. The Balaban J connectivity index is 2.62. The molecule has 1 atom stereocenters. The van der Waals surface area contributed by atoms with Gasteiger partial charge in [-0.2, -0.15) is 0 Å². The number of carbonyl (C=O) groups is 2. The molecule has 0 radical (unpaired) electrons. The van der Waals surface area contributed by atoms with Crippen molar-refractivity contribution in [1.29, 1.82) is 0 Å². The molecule has 1 heterocycles. The van der Waals surface area contributed by atoms with E-state index < -0.39 is 12.0 Å². The summed E-state index contributed by atoms with van der Waals surface area (Å²) < 4.78 is 4.91. The van der Waals surface area contributed by atoms with E-state index in [-0.39, 0.29) is 25.5 Å². The number of hydrogen-bond acceptors (Lipinski definition) is 5. The summed E-state index contributed by atoms with van der Waals surface area (Å²) in [7, 11) is 0. The molecule has 0 fully saturated rings. The summed E-state index contributed by atoms with van der Waals surface area (Å²) >= 11 is 0. The van der Waals surface area contributed by atoms with Gasteiger partial charge < -0.3 is 20.8 Å². The minimum atomic E-state index is -0.718. The number of carbonyl (C=O) groups excluding carboxylic acids is 2. The molecule has 0 aromatic carbocycles. The summed E-state index contributed by atoms with van der Waals surface area (Å²) in [6.45, 7) is 2.23. The van der Waals surface area contributed by atoms with E-state index in [2.05, 4.69) is 15.3 Å². The molecule has 7 heteroatoms. The highest BCUT2D eigenvalue weighted by Gasteiger charge is 2.22. The molecule has 1 amide bonds. The normalized spacial score (nSPS) is 11.9. The highest BCUT2D eigenvalue weighted by Crippen LogP contribution is 2.01. The number of aromatic amines is 1. The zero-order valence-corrected chi connectivity index (χ0v) is 10.3. The van der Waals surface area contributed by atoms with Crippen molar-refractivity contribution in [3.05, 3.63) is 18.2 Å². The minimum Gasteiger partial charge on any atom is -0.464 e. The number of nitrogens with one attached hydrogen (secondary N) is 2. The number of amides is 1. The first-order valence-corrected chi connectivity index (χ1v) is 5.80. The Hall–Kier alpha value is -1.89. The summed E-state index contributed by atoms with van der Waals surface area (Å²) in [6, 6.07) is -0.718. The van der Waals surface area contributed by atoms with Gasteiger partial charge in [-0.1, -0.05) is 0 Å². The molecular weight excluding hydrogens is 236 g/mol. The minimum absolute atomic E-state index is 0.179. The quantitative estimate of drug-likeness (QED) is 0.560. The van der Waals surface area contributed by atoms with Gasteiger partial charge in [0.25, 0.3) is 0 Å². The predicted octanol–water partition coefficient (Wildman–Crippen LogP) is -0.651. The molecule has 1 aromatic rings. The first-order valence-electron chi connectivity index (χ1n) is 5.80. The second-order valence-corrected chi connectivity index (χ2v) is 3.69. The fourth-order valence-electron chi connectivity index (χ4n) is 1.45. The number of nitrogens with zero attached hydrogens (tertiary/aromatic N) is 1. The van der Waals surface area contributed by atoms with Gasteiger partial charge in [0.2, 0.25) is 5.91 Å². The van der Waals surface area contributed by atoms with E-state index in [9.17, 15) is 9.59 Å². The average Bonchev–Trinajstić information content (AvgIpc) is 2.81. The van der Waals surface area contributed by atoms with Crippen molar-refractivity contribution in [3.8, 4) is 0 Å². The summed E-state index contributed by atoms with van der Waals surface area (Å²) in [4.78, 5) is 29.9. The molecule has 0 saturated carbocycles. The van der Waals surface area contributed by atoms with Crippen LogP contribution in [0.15, 0.2) is 12.5 Å². The maximum atomic E-state index is 11.7. The van der Waals surface area contributed by atoms with Gasteiger partial charge >= 0.3 is 5.97 Å². The van der Waals surface area contributed by atoms with Crippen LogP contribution in [-0.4, -0.2) is 41.0 Å². The molecule has 7 nitrogen and oxygen atoms in total. The van der Waals surface area contributed by atoms with Crippen molar-refractivity contribution in [2.45, 2.75) is 25.8 Å². The third kappa shape index (κ3) is 4.54. The Morgan fingerprint density at radius 3 is 2.94 bits per heavy atom. The molecule has 18 heavy (non-hydrogen) atoms. The second-order valence-electron chi connectivity index (χ2n) is 3.69. The van der Waals surface area contributed by atoms with Crippen LogP contribution < -0.4 is 11.1 Å². The molecule has 100 valence electrons. The van der Waals surface area contributed by atoms with Crippen LogP contribution >= 0.6 is 0 Å². The van der Waals surface area contributed by atoms with Crippen molar-refractivity contribution in [2.75, 3.05) is 13.2 Å². The topological polar surface area (TPSA) is 110 Å². The van der Waals surface area contributed by atoms with Crippen molar-refractivity contribution in [2.24, 2.45) is 5.73 Å². The Morgan fingerprint density at radius 1 is 1.61 bits per heavy atom. The fourth-order valence-corrected chi connectivity index (χ4v) is 1.45. The van der Waals surface area contributed by atoms with Crippen LogP contribution in [0.5, 0.6) is 0 Å². The van der Waals surface area contributed by atoms with E-state index in [1.165, 1.54) is 6.33 Å². The molecule has 0 aliphatic rings. The van der Waals surface area contributed by atoms with Crippen molar-refractivity contribution < 1.29 is 14.3 Å². The second kappa shape index (κ2) is 7.44. The van der Waals surface area contributed by atoms with E-state index in [4.69, 9.17) is 10.5 Å². The van der Waals surface area contributed by atoms with E-state index in [1.54, 1.807) is 13.1 Å². The zero-order chi connectivity index (χ0) is 13.4. The molecule has 0 aliphatic carbocycles. The van der Waals surface area contributed by atoms with E-state index in [0.717, 1.165) is 5.69 Å². The highest BCUT2D eigenvalue weighted by molar-refractivity contribution is 5.84. The van der Waals surface area contributed by atoms with Gasteiger partial charge in [-0.3, -0.25) is 4.79 Å². The van der Waals surface area contributed by atoms with Gasteiger partial charge in [-0.25, -0.2) is 9.78 Å². The number of rotatable bonds is 7. The zero-order valence-electron chi connectivity index (χ0n) is 10.3. The SMILES string of the molecule is CCOC(=O)C(Cc1cnc[nH]1)NC(=O)CCN. The molecule has 1 aromatic heterocycles. The first-order chi connectivity index (χ1) is 8.67. The Morgan fingerprint density at radius 2 is 2.39 bits per heavy atom. The van der Waals surface area contributed by atoms with Crippen LogP contribution in [-0.2, 0) is 20.7 Å². The number of hydrogen-bond donors (Lipinski definition) is 3. The highest BCUT2D eigenvalue weighted by atomic mass is 16.5. The maximum Gasteiger partial charge on any atom is 0.329 e. The van der Waals surface area contributed by atoms with Gasteiger partial charge in [0.1, 0.15) is 6.04 Å². The Bertz CT molecular complexity index is 378. The summed E-state index contributed by atoms with van der Waals surface area (Å²) in [5.74, 6) is -0.729. The van der Waals surface area contributed by atoms with Crippen LogP contribution in [0.1, 0.15) is 19.0 Å². The number of H-pyrrole nitrogens is 1. The van der Waals surface area contributed by atoms with Crippen LogP contribution in [0.3, 0.4) is 0 Å². The number of esters is 1. The third-order valence-corrected chi connectivity index (χ3v) is 2.26. The summed E-state index contributed by atoms with van der Waals surface area (Å²) in [6.07, 6.45) is 3.61. The molecular formula is C11H18N4O3. The van der Waals surface area contributed by atoms with Crippen LogP contribution in [0.2, 0.25) is 0 Å². The van der Waals surface area contributed by atoms with Crippen molar-refractivity contribution in [1.82, 2.24) is 15.3 Å². The molecule has 1 rings (SSSR count). The molecule has 0 aliphatic heterocycles. The predicted molar refractivity (Wildman–Crippen MR) is 64.5 cm³/mol. The van der Waals surface area contributed by atoms with Gasteiger partial charge in [0, 0.05) is 31.3 Å². The number of nitrogens with two attached hydrogens (primary N) is 1. The standard InChI is InChI=1S/C11H18N4O3/c1-2-18-11(17)9(15-10(16)3-4-12)5-8-6-13-7-14-8/h6-7,9H,2-5,12H2,1H3,(H,13,14)(H,15,16). The molecule has 1 unspecified atom stereocenters. The van der Waals surface area contributed by atoms with Crippen molar-refractivity contribution in [3.63, 3.8) is 0 Å². The van der Waals surface area contributed by atoms with Gasteiger partial charge in [-0.15, -0.1) is 0 Å². The fraction of sp³-hybridized carbons (Fsp3) is 0.545. The largest absolute Gasteiger partial charge is 0.464 e. The smallest absolute Gasteiger partial charge is 0.329 e. The van der Waals surface area contributed by atoms with E-state index in [0.29, 0.717) is 6.42 Å². The Kier molecular flexibility index (Phi) is 5.86. The monoisotopic (exact) mass is 254 g/mol. The molecule has 4 N–H and O–H groups in total. The third-order valence-electron chi connectivity index (χ3n) is 2.26. The first kappa shape index (κ1) is 14.2. The van der Waals surface area contributed by atoms with Gasteiger partial charge in [0.15, 0.2) is 0 Å². The Labute approximate surface area is 105 Å². The van der Waals surface area contributed by atoms with Crippen LogP contribution in [0.25, 0.3) is 0 Å². The molecule has 0 bridgehead atoms. The maximum absolute atomic E-state index is 11.7. The van der Waals surface area contributed by atoms with Crippen molar-refractivity contribution >= 4 is 11.9 Å². The lowest BCUT2D eigenvalue weighted by atomic mass is 10.1. The lowest BCUT2D eigenvalue weighted by Crippen LogP contribution is -2.44. The van der Waals surface area contributed by atoms with E-state index in [1.807, 2.05) is 0 Å². The number of ether oxygens (including phenoxy) is 1. The summed E-state index contributed by atoms with van der Waals surface area (Å²) in [5.41, 5.74) is 6.03. The lowest BCUT2D eigenvalue weighted by Gasteiger charge is -2.16. The van der Waals surface area contributed by atoms with Gasteiger partial charge in [0.05, 0.1) is 12.9 Å². The van der Waals surface area contributed by atoms with Crippen LogP contribution in [0.4, 0.5) is 0 Å². The number of aromatic nitrogens is 2. The van der Waals surface area contributed by atoms with Gasteiger partial charge in [-0.05, 0) is 6.92 Å². The molecule has 0 spiro atoms.